The maximum absolute atomic E-state index is 6.20. The van der Waals surface area contributed by atoms with Crippen LogP contribution in [0.2, 0.25) is 10.2 Å². The Hall–Kier alpha value is -0.770. The molecule has 0 unspecified atom stereocenters. The molecule has 3 rings (SSSR count). The zero-order chi connectivity index (χ0) is 12.7. The SMILES string of the molecule is Cc1ccc(-c2nc(Cl)c3c(n2)CSC3)cc1Cl. The number of aryl methyl sites for hydroxylation is 1. The molecule has 0 spiro atoms. The van der Waals surface area contributed by atoms with Gasteiger partial charge in [0.1, 0.15) is 5.15 Å². The molecule has 1 aromatic heterocycles. The minimum atomic E-state index is 0.566. The van der Waals surface area contributed by atoms with E-state index in [1.807, 2.05) is 36.9 Å². The number of hydrogen-bond acceptors (Lipinski definition) is 3. The van der Waals surface area contributed by atoms with Crippen molar-refractivity contribution in [1.29, 1.82) is 0 Å². The van der Waals surface area contributed by atoms with Gasteiger partial charge in [-0.05, 0) is 18.6 Å². The van der Waals surface area contributed by atoms with E-state index in [4.69, 9.17) is 23.2 Å². The molecule has 5 heteroatoms. The minimum Gasteiger partial charge on any atom is -0.232 e. The molecule has 0 fully saturated rings. The molecule has 0 N–H and O–H groups in total. The highest BCUT2D eigenvalue weighted by Gasteiger charge is 2.19. The van der Waals surface area contributed by atoms with Crippen LogP contribution in [0.25, 0.3) is 11.4 Å². The highest BCUT2D eigenvalue weighted by atomic mass is 35.5. The van der Waals surface area contributed by atoms with Gasteiger partial charge in [0.25, 0.3) is 0 Å². The summed E-state index contributed by atoms with van der Waals surface area (Å²) >= 11 is 14.1. The molecule has 18 heavy (non-hydrogen) atoms. The number of halogens is 2. The molecule has 1 aliphatic heterocycles. The van der Waals surface area contributed by atoms with Crippen molar-refractivity contribution in [1.82, 2.24) is 9.97 Å². The average Bonchev–Trinajstić information content (AvgIpc) is 2.81. The Kier molecular flexibility index (Phi) is 3.22. The van der Waals surface area contributed by atoms with Gasteiger partial charge in [-0.3, -0.25) is 0 Å². The Morgan fingerprint density at radius 3 is 2.78 bits per heavy atom. The Morgan fingerprint density at radius 2 is 2.00 bits per heavy atom. The van der Waals surface area contributed by atoms with E-state index in [2.05, 4.69) is 9.97 Å². The number of thioether (sulfide) groups is 1. The zero-order valence-electron chi connectivity index (χ0n) is 9.70. The van der Waals surface area contributed by atoms with Gasteiger partial charge >= 0.3 is 0 Å². The van der Waals surface area contributed by atoms with E-state index in [0.717, 1.165) is 38.9 Å². The molecule has 2 heterocycles. The van der Waals surface area contributed by atoms with Gasteiger partial charge in [0.05, 0.1) is 5.69 Å². The lowest BCUT2D eigenvalue weighted by Gasteiger charge is -2.06. The number of nitrogens with zero attached hydrogens (tertiary/aromatic N) is 2. The van der Waals surface area contributed by atoms with Crippen LogP contribution in [0.1, 0.15) is 16.8 Å². The monoisotopic (exact) mass is 296 g/mol. The molecule has 1 aliphatic rings. The summed E-state index contributed by atoms with van der Waals surface area (Å²) in [6, 6.07) is 5.83. The molecule has 0 saturated carbocycles. The van der Waals surface area contributed by atoms with E-state index in [-0.39, 0.29) is 0 Å². The first-order valence-corrected chi connectivity index (χ1v) is 7.46. The van der Waals surface area contributed by atoms with E-state index in [1.165, 1.54) is 0 Å². The topological polar surface area (TPSA) is 25.8 Å². The molecule has 2 nitrogen and oxygen atoms in total. The molecule has 0 radical (unpaired) electrons. The van der Waals surface area contributed by atoms with Crippen molar-refractivity contribution >= 4 is 35.0 Å². The number of hydrogen-bond donors (Lipinski definition) is 0. The molecule has 0 saturated heterocycles. The average molecular weight is 297 g/mol. The van der Waals surface area contributed by atoms with Gasteiger partial charge < -0.3 is 0 Å². The molecule has 1 aromatic carbocycles. The zero-order valence-corrected chi connectivity index (χ0v) is 12.0. The Morgan fingerprint density at radius 1 is 1.17 bits per heavy atom. The second kappa shape index (κ2) is 4.72. The van der Waals surface area contributed by atoms with Gasteiger partial charge in [0, 0.05) is 27.7 Å². The van der Waals surface area contributed by atoms with Crippen molar-refractivity contribution in [2.24, 2.45) is 0 Å². The van der Waals surface area contributed by atoms with Crippen LogP contribution in [-0.2, 0) is 11.5 Å². The maximum Gasteiger partial charge on any atom is 0.161 e. The summed E-state index contributed by atoms with van der Waals surface area (Å²) in [4.78, 5) is 8.95. The predicted molar refractivity (Wildman–Crippen MR) is 77.2 cm³/mol. The summed E-state index contributed by atoms with van der Waals surface area (Å²) in [5.41, 5.74) is 4.07. The van der Waals surface area contributed by atoms with Crippen LogP contribution in [-0.4, -0.2) is 9.97 Å². The third-order valence-electron chi connectivity index (χ3n) is 2.96. The van der Waals surface area contributed by atoms with Crippen LogP contribution in [0.4, 0.5) is 0 Å². The second-order valence-electron chi connectivity index (χ2n) is 4.22. The van der Waals surface area contributed by atoms with Gasteiger partial charge in [-0.2, -0.15) is 11.8 Å². The molecule has 0 amide bonds. The molecule has 2 aromatic rings. The molecule has 0 atom stereocenters. The van der Waals surface area contributed by atoms with Gasteiger partial charge in [-0.25, -0.2) is 9.97 Å². The summed E-state index contributed by atoms with van der Waals surface area (Å²) in [6.07, 6.45) is 0. The molecule has 0 aliphatic carbocycles. The van der Waals surface area contributed by atoms with Crippen LogP contribution in [0.15, 0.2) is 18.2 Å². The molecule has 0 bridgehead atoms. The number of aromatic nitrogens is 2. The van der Waals surface area contributed by atoms with Crippen LogP contribution in [0, 0.1) is 6.92 Å². The minimum absolute atomic E-state index is 0.566. The van der Waals surface area contributed by atoms with Crippen molar-refractivity contribution < 1.29 is 0 Å². The van der Waals surface area contributed by atoms with Crippen molar-refractivity contribution in [2.75, 3.05) is 0 Å². The van der Waals surface area contributed by atoms with E-state index < -0.39 is 0 Å². The number of fused-ring (bicyclic) bond motifs is 1. The lowest BCUT2D eigenvalue weighted by Crippen LogP contribution is -1.97. The molecular formula is C13H10Cl2N2S. The van der Waals surface area contributed by atoms with Gasteiger partial charge in [-0.1, -0.05) is 35.3 Å². The lowest BCUT2D eigenvalue weighted by molar-refractivity contribution is 1.07. The Bertz CT molecular complexity index is 629. The predicted octanol–water partition coefficient (Wildman–Crippen LogP) is 4.51. The van der Waals surface area contributed by atoms with Gasteiger partial charge in [0.15, 0.2) is 5.82 Å². The Balaban J connectivity index is 2.12. The van der Waals surface area contributed by atoms with Crippen LogP contribution in [0.3, 0.4) is 0 Å². The lowest BCUT2D eigenvalue weighted by atomic mass is 10.1. The normalized spacial score (nSPS) is 13.7. The number of benzene rings is 1. The fourth-order valence-electron chi connectivity index (χ4n) is 1.87. The fourth-order valence-corrected chi connectivity index (χ4v) is 3.43. The van der Waals surface area contributed by atoms with Crippen molar-refractivity contribution in [2.45, 2.75) is 18.4 Å². The highest BCUT2D eigenvalue weighted by molar-refractivity contribution is 7.98. The van der Waals surface area contributed by atoms with E-state index >= 15 is 0 Å². The van der Waals surface area contributed by atoms with E-state index in [0.29, 0.717) is 11.0 Å². The number of rotatable bonds is 1. The molecule has 92 valence electrons. The highest BCUT2D eigenvalue weighted by Crippen LogP contribution is 2.34. The largest absolute Gasteiger partial charge is 0.232 e. The standard InChI is InChI=1S/C13H10Cl2N2S/c1-7-2-3-8(4-10(7)14)13-16-11-6-18-5-9(11)12(15)17-13/h2-4H,5-6H2,1H3. The van der Waals surface area contributed by atoms with E-state index in [9.17, 15) is 0 Å². The maximum atomic E-state index is 6.20. The fraction of sp³-hybridized carbons (Fsp3) is 0.231. The first kappa shape index (κ1) is 12.3. The summed E-state index contributed by atoms with van der Waals surface area (Å²) in [7, 11) is 0. The summed E-state index contributed by atoms with van der Waals surface area (Å²) in [6.45, 7) is 1.97. The van der Waals surface area contributed by atoms with E-state index in [1.54, 1.807) is 0 Å². The summed E-state index contributed by atoms with van der Waals surface area (Å²) < 4.78 is 0. The van der Waals surface area contributed by atoms with Crippen LogP contribution < -0.4 is 0 Å². The third-order valence-corrected chi connectivity index (χ3v) is 4.65. The van der Waals surface area contributed by atoms with Gasteiger partial charge in [0.2, 0.25) is 0 Å². The third kappa shape index (κ3) is 2.11. The van der Waals surface area contributed by atoms with Crippen molar-refractivity contribution in [3.8, 4) is 11.4 Å². The Labute approximate surface area is 120 Å². The van der Waals surface area contributed by atoms with Gasteiger partial charge in [-0.15, -0.1) is 0 Å². The first-order chi connectivity index (χ1) is 8.65. The first-order valence-electron chi connectivity index (χ1n) is 5.54. The summed E-state index contributed by atoms with van der Waals surface area (Å²) in [5.74, 6) is 2.47. The quantitative estimate of drug-likeness (QED) is 0.724. The molecular weight excluding hydrogens is 287 g/mol. The van der Waals surface area contributed by atoms with Crippen LogP contribution in [0.5, 0.6) is 0 Å². The smallest absolute Gasteiger partial charge is 0.161 e. The van der Waals surface area contributed by atoms with Crippen LogP contribution >= 0.6 is 35.0 Å². The second-order valence-corrected chi connectivity index (χ2v) is 5.97. The summed E-state index contributed by atoms with van der Waals surface area (Å²) in [5, 5.41) is 1.29. The van der Waals surface area contributed by atoms with Crippen molar-refractivity contribution in [3.63, 3.8) is 0 Å². The van der Waals surface area contributed by atoms with Crippen molar-refractivity contribution in [3.05, 3.63) is 45.2 Å².